The van der Waals surface area contributed by atoms with Crippen LogP contribution in [-0.4, -0.2) is 46.9 Å². The molecule has 0 bridgehead atoms. The van der Waals surface area contributed by atoms with Crippen LogP contribution in [0.1, 0.15) is 5.56 Å². The third-order valence-corrected chi connectivity index (χ3v) is 5.13. The number of carbonyl (C=O) groups excluding carboxylic acids is 1. The minimum absolute atomic E-state index is 0.195. The number of aromatic nitrogens is 2. The second-order valence-electron chi connectivity index (χ2n) is 7.31. The van der Waals surface area contributed by atoms with Crippen molar-refractivity contribution >= 4 is 17.5 Å². The number of hydrogen-bond donors (Lipinski definition) is 1. The van der Waals surface area contributed by atoms with Crippen LogP contribution >= 0.6 is 0 Å². The van der Waals surface area contributed by atoms with Crippen molar-refractivity contribution in [3.05, 3.63) is 82.1 Å². The highest BCUT2D eigenvalue weighted by Crippen LogP contribution is 2.18. The first-order chi connectivity index (χ1) is 14.9. The van der Waals surface area contributed by atoms with E-state index in [1.54, 1.807) is 6.07 Å². The van der Waals surface area contributed by atoms with Crippen LogP contribution in [-0.2, 0) is 0 Å². The van der Waals surface area contributed by atoms with E-state index in [-0.39, 0.29) is 11.2 Å². The van der Waals surface area contributed by atoms with E-state index in [4.69, 9.17) is 0 Å². The van der Waals surface area contributed by atoms with Gasteiger partial charge in [-0.3, -0.25) is 4.79 Å². The Morgan fingerprint density at radius 1 is 0.968 bits per heavy atom. The number of nitrogens with zero attached hydrogens (tertiary/aromatic N) is 4. The van der Waals surface area contributed by atoms with Gasteiger partial charge in [0.2, 0.25) is 0 Å². The van der Waals surface area contributed by atoms with Crippen molar-refractivity contribution in [1.29, 1.82) is 0 Å². The number of anilines is 2. The van der Waals surface area contributed by atoms with E-state index in [0.29, 0.717) is 37.7 Å². The molecule has 1 N–H and O–H groups in total. The first-order valence-corrected chi connectivity index (χ1v) is 9.84. The summed E-state index contributed by atoms with van der Waals surface area (Å²) in [5.74, 6) is -0.705. The molecule has 1 aliphatic heterocycles. The van der Waals surface area contributed by atoms with Gasteiger partial charge in [0.15, 0.2) is 0 Å². The molecule has 2 heterocycles. The summed E-state index contributed by atoms with van der Waals surface area (Å²) >= 11 is 0. The molecule has 0 atom stereocenters. The molecule has 1 saturated heterocycles. The van der Waals surface area contributed by atoms with E-state index in [1.807, 2.05) is 36.1 Å². The largest absolute Gasteiger partial charge is 0.352 e. The summed E-state index contributed by atoms with van der Waals surface area (Å²) in [6, 6.07) is 13.0. The van der Waals surface area contributed by atoms with Crippen LogP contribution in [0.2, 0.25) is 0 Å². The number of amides is 2. The normalized spacial score (nSPS) is 13.9. The summed E-state index contributed by atoms with van der Waals surface area (Å²) in [5.41, 5.74) is 1.33. The smallest absolute Gasteiger partial charge is 0.322 e. The van der Waals surface area contributed by atoms with Crippen LogP contribution in [0.25, 0.3) is 5.69 Å². The maximum atomic E-state index is 13.8. The highest BCUT2D eigenvalue weighted by molar-refractivity contribution is 5.89. The van der Waals surface area contributed by atoms with Crippen LogP contribution in [0, 0.1) is 18.6 Å². The highest BCUT2D eigenvalue weighted by atomic mass is 19.1. The summed E-state index contributed by atoms with van der Waals surface area (Å²) in [6.07, 6.45) is 0. The average molecular weight is 425 g/mol. The van der Waals surface area contributed by atoms with Crippen molar-refractivity contribution in [3.8, 4) is 5.69 Å². The molecule has 3 aromatic rings. The molecule has 1 aromatic heterocycles. The summed E-state index contributed by atoms with van der Waals surface area (Å²) in [6.45, 7) is 3.67. The lowest BCUT2D eigenvalue weighted by atomic mass is 10.2. The average Bonchev–Trinajstić information content (AvgIpc) is 2.77. The lowest BCUT2D eigenvalue weighted by Gasteiger charge is -2.35. The molecule has 0 saturated carbocycles. The van der Waals surface area contributed by atoms with E-state index in [9.17, 15) is 18.4 Å². The fraction of sp³-hybridized carbons (Fsp3) is 0.227. The molecular weight excluding hydrogens is 404 g/mol. The Bertz CT molecular complexity index is 1160. The Balaban J connectivity index is 1.43. The van der Waals surface area contributed by atoms with Crippen LogP contribution in [0.15, 0.2) is 59.4 Å². The van der Waals surface area contributed by atoms with Gasteiger partial charge in [-0.1, -0.05) is 17.7 Å². The van der Waals surface area contributed by atoms with E-state index in [0.717, 1.165) is 23.8 Å². The van der Waals surface area contributed by atoms with Crippen LogP contribution in [0.5, 0.6) is 0 Å². The number of urea groups is 1. The van der Waals surface area contributed by atoms with Crippen molar-refractivity contribution in [2.24, 2.45) is 0 Å². The predicted octanol–water partition coefficient (Wildman–Crippen LogP) is 3.17. The van der Waals surface area contributed by atoms with Gasteiger partial charge in [0.1, 0.15) is 17.5 Å². The summed E-state index contributed by atoms with van der Waals surface area (Å²) in [5, 5.41) is 6.88. The molecule has 1 fully saturated rings. The molecule has 9 heteroatoms. The zero-order chi connectivity index (χ0) is 22.0. The number of aryl methyl sites for hydroxylation is 1. The van der Waals surface area contributed by atoms with Gasteiger partial charge in [-0.15, -0.1) is 5.10 Å². The van der Waals surface area contributed by atoms with Gasteiger partial charge in [0, 0.05) is 38.3 Å². The molecule has 0 spiro atoms. The third-order valence-electron chi connectivity index (χ3n) is 5.13. The van der Waals surface area contributed by atoms with E-state index in [2.05, 4.69) is 10.4 Å². The van der Waals surface area contributed by atoms with Crippen LogP contribution in [0.3, 0.4) is 0 Å². The zero-order valence-electron chi connectivity index (χ0n) is 16.9. The number of halogens is 2. The number of hydrogen-bond acceptors (Lipinski definition) is 4. The van der Waals surface area contributed by atoms with Gasteiger partial charge < -0.3 is 15.1 Å². The molecule has 160 valence electrons. The topological polar surface area (TPSA) is 70.5 Å². The predicted molar refractivity (Wildman–Crippen MR) is 114 cm³/mol. The lowest BCUT2D eigenvalue weighted by molar-refractivity contribution is 0.208. The molecular formula is C22H21F2N5O2. The number of nitrogens with one attached hydrogen (secondary N) is 1. The minimum Gasteiger partial charge on any atom is -0.352 e. The quantitative estimate of drug-likeness (QED) is 0.700. The van der Waals surface area contributed by atoms with Crippen molar-refractivity contribution in [2.45, 2.75) is 6.92 Å². The first-order valence-electron chi connectivity index (χ1n) is 9.84. The maximum absolute atomic E-state index is 13.8. The Morgan fingerprint density at radius 2 is 1.68 bits per heavy atom. The molecule has 4 rings (SSSR count). The van der Waals surface area contributed by atoms with E-state index in [1.165, 1.54) is 15.6 Å². The fourth-order valence-corrected chi connectivity index (χ4v) is 3.37. The minimum atomic E-state index is -0.698. The third kappa shape index (κ3) is 4.55. The summed E-state index contributed by atoms with van der Waals surface area (Å²) in [4.78, 5) is 28.2. The van der Waals surface area contributed by atoms with Gasteiger partial charge in [0.25, 0.3) is 5.56 Å². The van der Waals surface area contributed by atoms with Crippen molar-refractivity contribution in [3.63, 3.8) is 0 Å². The van der Waals surface area contributed by atoms with E-state index < -0.39 is 17.7 Å². The van der Waals surface area contributed by atoms with Gasteiger partial charge in [-0.2, -0.15) is 4.68 Å². The highest BCUT2D eigenvalue weighted by Gasteiger charge is 2.23. The maximum Gasteiger partial charge on any atom is 0.322 e. The Labute approximate surface area is 177 Å². The summed E-state index contributed by atoms with van der Waals surface area (Å²) < 4.78 is 28.4. The number of piperazine rings is 1. The fourth-order valence-electron chi connectivity index (χ4n) is 3.37. The van der Waals surface area contributed by atoms with Gasteiger partial charge in [0.05, 0.1) is 11.4 Å². The SMILES string of the molecule is Cc1ccc(-n2nc(N3CCN(C(=O)Nc4cc(F)ccc4F)CC3)ccc2=O)cc1. The monoisotopic (exact) mass is 425 g/mol. The Morgan fingerprint density at radius 3 is 2.39 bits per heavy atom. The molecule has 2 amide bonds. The number of benzene rings is 2. The second-order valence-corrected chi connectivity index (χ2v) is 7.31. The lowest BCUT2D eigenvalue weighted by Crippen LogP contribution is -2.50. The van der Waals surface area contributed by atoms with Crippen LogP contribution < -0.4 is 15.8 Å². The van der Waals surface area contributed by atoms with Crippen LogP contribution in [0.4, 0.5) is 25.1 Å². The van der Waals surface area contributed by atoms with Gasteiger partial charge in [-0.05, 0) is 37.3 Å². The summed E-state index contributed by atoms with van der Waals surface area (Å²) in [7, 11) is 0. The first kappa shape index (κ1) is 20.5. The molecule has 0 unspecified atom stereocenters. The number of rotatable bonds is 3. The molecule has 0 aliphatic carbocycles. The molecule has 31 heavy (non-hydrogen) atoms. The Kier molecular flexibility index (Phi) is 5.66. The molecule has 1 aliphatic rings. The molecule has 0 radical (unpaired) electrons. The van der Waals surface area contributed by atoms with Crippen molar-refractivity contribution < 1.29 is 13.6 Å². The Hall–Kier alpha value is -3.75. The van der Waals surface area contributed by atoms with Crippen molar-refractivity contribution in [1.82, 2.24) is 14.7 Å². The number of carbonyl (C=O) groups is 1. The van der Waals surface area contributed by atoms with Gasteiger partial charge >= 0.3 is 6.03 Å². The van der Waals surface area contributed by atoms with Gasteiger partial charge in [-0.25, -0.2) is 13.6 Å². The molecule has 2 aromatic carbocycles. The standard InChI is InChI=1S/C22H21F2N5O2/c1-15-2-5-17(6-3-15)29-21(30)9-8-20(26-29)27-10-12-28(13-11-27)22(31)25-19-14-16(23)4-7-18(19)24/h2-9,14H,10-13H2,1H3,(H,25,31). The van der Waals surface area contributed by atoms with Crippen molar-refractivity contribution in [2.75, 3.05) is 36.4 Å². The zero-order valence-corrected chi connectivity index (χ0v) is 16.9. The van der Waals surface area contributed by atoms with E-state index >= 15 is 0 Å². The molecule has 7 nitrogen and oxygen atoms in total. The second kappa shape index (κ2) is 8.55.